The van der Waals surface area contributed by atoms with Gasteiger partial charge in [-0.1, -0.05) is 78.9 Å². The number of aromatic carboxylic acids is 1. The number of carboxylic acid groups (broad SMARTS) is 1. The molecular formula is C28H24NO4S-. The van der Waals surface area contributed by atoms with E-state index in [1.807, 2.05) is 72.8 Å². The summed E-state index contributed by atoms with van der Waals surface area (Å²) in [5.41, 5.74) is 5.17. The van der Waals surface area contributed by atoms with E-state index in [-0.39, 0.29) is 0 Å². The van der Waals surface area contributed by atoms with Crippen LogP contribution in [-0.4, -0.2) is 19.8 Å². The lowest BCUT2D eigenvalue weighted by atomic mass is 9.99. The van der Waals surface area contributed by atoms with Gasteiger partial charge >= 0.3 is 5.97 Å². The van der Waals surface area contributed by atoms with Crippen molar-refractivity contribution in [2.75, 3.05) is 4.31 Å². The minimum atomic E-state index is -2.51. The summed E-state index contributed by atoms with van der Waals surface area (Å²) in [6.07, 6.45) is 1.89. The zero-order valence-corrected chi connectivity index (χ0v) is 19.3. The molecule has 0 heterocycles. The predicted octanol–water partition coefficient (Wildman–Crippen LogP) is 6.16. The third-order valence-corrected chi connectivity index (χ3v) is 6.41. The highest BCUT2D eigenvalue weighted by Gasteiger charge is 2.15. The van der Waals surface area contributed by atoms with Gasteiger partial charge in [0.2, 0.25) is 0 Å². The zero-order valence-electron chi connectivity index (χ0n) is 18.5. The van der Waals surface area contributed by atoms with Crippen LogP contribution in [0.3, 0.4) is 0 Å². The fourth-order valence-corrected chi connectivity index (χ4v) is 4.69. The van der Waals surface area contributed by atoms with E-state index in [1.54, 1.807) is 30.3 Å². The molecule has 0 saturated carbocycles. The molecule has 4 rings (SSSR count). The van der Waals surface area contributed by atoms with E-state index in [9.17, 15) is 18.7 Å². The predicted molar refractivity (Wildman–Crippen MR) is 135 cm³/mol. The van der Waals surface area contributed by atoms with Crippen molar-refractivity contribution >= 4 is 28.6 Å². The van der Waals surface area contributed by atoms with Crippen molar-refractivity contribution in [3.8, 4) is 11.1 Å². The first-order valence-electron chi connectivity index (χ1n) is 11.0. The maximum absolute atomic E-state index is 12.3. The summed E-state index contributed by atoms with van der Waals surface area (Å²) < 4.78 is 25.9. The van der Waals surface area contributed by atoms with Crippen LogP contribution in [0.2, 0.25) is 0 Å². The van der Waals surface area contributed by atoms with Crippen molar-refractivity contribution in [1.82, 2.24) is 0 Å². The molecule has 0 saturated heterocycles. The van der Waals surface area contributed by atoms with Gasteiger partial charge in [-0.15, -0.1) is 0 Å². The Hall–Kier alpha value is -3.74. The van der Waals surface area contributed by atoms with Gasteiger partial charge in [-0.2, -0.15) is 0 Å². The Morgan fingerprint density at radius 3 is 1.97 bits per heavy atom. The molecule has 172 valence electrons. The third-order valence-electron chi connectivity index (χ3n) is 5.71. The molecule has 1 unspecified atom stereocenters. The molecule has 0 fully saturated rings. The number of hydrogen-bond acceptors (Lipinski definition) is 3. The standard InChI is InChI=1S/C28H25NO4S/c30-28(31)26-15-6-4-11-23(26)13-8-14-24-12-5-7-16-27(24)29(34(32)33)25-19-17-22(18-20-25)21-9-2-1-3-10-21/h1-7,9-12,15-20H,8,13-14H2,(H,30,31)(H,32,33)/p-1. The maximum atomic E-state index is 12.3. The molecule has 4 aromatic carbocycles. The molecule has 0 aromatic heterocycles. The average Bonchev–Trinajstić information content (AvgIpc) is 2.86. The van der Waals surface area contributed by atoms with Crippen LogP contribution in [0, 0.1) is 0 Å². The van der Waals surface area contributed by atoms with E-state index in [0.29, 0.717) is 36.2 Å². The van der Waals surface area contributed by atoms with Gasteiger partial charge in [0, 0.05) is 0 Å². The summed E-state index contributed by atoms with van der Waals surface area (Å²) in [6, 6.07) is 31.7. The first kappa shape index (κ1) is 23.4. The lowest BCUT2D eigenvalue weighted by Gasteiger charge is -2.28. The van der Waals surface area contributed by atoms with Crippen molar-refractivity contribution in [2.24, 2.45) is 0 Å². The Balaban J connectivity index is 1.56. The highest BCUT2D eigenvalue weighted by atomic mass is 32.2. The molecular weight excluding hydrogens is 446 g/mol. The minimum Gasteiger partial charge on any atom is -0.755 e. The van der Waals surface area contributed by atoms with Crippen molar-refractivity contribution in [2.45, 2.75) is 19.3 Å². The van der Waals surface area contributed by atoms with Crippen LogP contribution in [0.1, 0.15) is 27.9 Å². The van der Waals surface area contributed by atoms with Crippen molar-refractivity contribution in [1.29, 1.82) is 0 Å². The Morgan fingerprint density at radius 2 is 1.29 bits per heavy atom. The van der Waals surface area contributed by atoms with E-state index in [4.69, 9.17) is 0 Å². The van der Waals surface area contributed by atoms with E-state index in [1.165, 1.54) is 4.31 Å². The van der Waals surface area contributed by atoms with Gasteiger partial charge in [-0.05, 0) is 65.8 Å². The zero-order chi connectivity index (χ0) is 23.9. The largest absolute Gasteiger partial charge is 0.755 e. The molecule has 1 atom stereocenters. The lowest BCUT2D eigenvalue weighted by Crippen LogP contribution is -2.21. The molecule has 0 aliphatic heterocycles. The first-order chi connectivity index (χ1) is 16.5. The summed E-state index contributed by atoms with van der Waals surface area (Å²) in [5.74, 6) is -0.942. The van der Waals surface area contributed by atoms with Crippen LogP contribution in [0.4, 0.5) is 11.4 Å². The number of benzene rings is 4. The summed E-state index contributed by atoms with van der Waals surface area (Å²) in [6.45, 7) is 0. The van der Waals surface area contributed by atoms with Crippen LogP contribution >= 0.6 is 0 Å². The number of rotatable bonds is 9. The van der Waals surface area contributed by atoms with E-state index >= 15 is 0 Å². The molecule has 0 aliphatic carbocycles. The Bertz CT molecular complexity index is 1290. The molecule has 0 aliphatic rings. The second kappa shape index (κ2) is 10.9. The molecule has 0 radical (unpaired) electrons. The smallest absolute Gasteiger partial charge is 0.335 e. The number of carbonyl (C=O) groups is 1. The topological polar surface area (TPSA) is 80.7 Å². The van der Waals surface area contributed by atoms with Crippen LogP contribution < -0.4 is 4.31 Å². The third kappa shape index (κ3) is 5.42. The second-order valence-corrected chi connectivity index (χ2v) is 8.67. The highest BCUT2D eigenvalue weighted by Crippen LogP contribution is 2.32. The van der Waals surface area contributed by atoms with Crippen LogP contribution in [-0.2, 0) is 24.1 Å². The Morgan fingerprint density at radius 1 is 0.735 bits per heavy atom. The maximum Gasteiger partial charge on any atom is 0.335 e. The van der Waals surface area contributed by atoms with Crippen molar-refractivity contribution < 1.29 is 18.7 Å². The van der Waals surface area contributed by atoms with Gasteiger partial charge in [-0.3, -0.25) is 8.51 Å². The average molecular weight is 471 g/mol. The van der Waals surface area contributed by atoms with Crippen LogP contribution in [0.5, 0.6) is 0 Å². The quantitative estimate of drug-likeness (QED) is 0.297. The fourth-order valence-electron chi connectivity index (χ4n) is 4.06. The molecule has 5 nitrogen and oxygen atoms in total. The lowest BCUT2D eigenvalue weighted by molar-refractivity contribution is 0.0695. The van der Waals surface area contributed by atoms with E-state index in [0.717, 1.165) is 22.3 Å². The highest BCUT2D eigenvalue weighted by molar-refractivity contribution is 7.81. The molecule has 0 amide bonds. The summed E-state index contributed by atoms with van der Waals surface area (Å²) >= 11 is -2.51. The number of nitrogens with zero attached hydrogens (tertiary/aromatic N) is 1. The summed E-state index contributed by atoms with van der Waals surface area (Å²) in [4.78, 5) is 11.5. The molecule has 34 heavy (non-hydrogen) atoms. The minimum absolute atomic E-state index is 0.302. The Labute approximate surface area is 201 Å². The second-order valence-electron chi connectivity index (χ2n) is 7.87. The monoisotopic (exact) mass is 470 g/mol. The van der Waals surface area contributed by atoms with E-state index < -0.39 is 17.2 Å². The van der Waals surface area contributed by atoms with Crippen molar-refractivity contribution in [3.05, 3.63) is 120 Å². The van der Waals surface area contributed by atoms with Gasteiger partial charge in [0.05, 0.1) is 28.2 Å². The molecule has 0 bridgehead atoms. The van der Waals surface area contributed by atoms with Gasteiger partial charge in [0.25, 0.3) is 0 Å². The van der Waals surface area contributed by atoms with E-state index in [2.05, 4.69) is 0 Å². The van der Waals surface area contributed by atoms with Crippen LogP contribution in [0.15, 0.2) is 103 Å². The number of hydrogen-bond donors (Lipinski definition) is 1. The summed E-state index contributed by atoms with van der Waals surface area (Å²) in [7, 11) is 0. The molecule has 6 heteroatoms. The number of anilines is 2. The SMILES string of the molecule is O=C(O)c1ccccc1CCCc1ccccc1N(c1ccc(-c2ccccc2)cc1)S(=O)[O-]. The number of para-hydroxylation sites is 1. The molecule has 1 N–H and O–H groups in total. The Kier molecular flexibility index (Phi) is 7.52. The number of aryl methyl sites for hydroxylation is 2. The normalized spacial score (nSPS) is 11.7. The van der Waals surface area contributed by atoms with Gasteiger partial charge in [0.1, 0.15) is 0 Å². The summed E-state index contributed by atoms with van der Waals surface area (Å²) in [5, 5.41) is 9.40. The van der Waals surface area contributed by atoms with Crippen LogP contribution in [0.25, 0.3) is 11.1 Å². The molecule has 4 aromatic rings. The van der Waals surface area contributed by atoms with Crippen molar-refractivity contribution in [3.63, 3.8) is 0 Å². The van der Waals surface area contributed by atoms with Gasteiger partial charge in [0.15, 0.2) is 0 Å². The molecule has 0 spiro atoms. The fraction of sp³-hybridized carbons (Fsp3) is 0.107. The van der Waals surface area contributed by atoms with Gasteiger partial charge in [-0.25, -0.2) is 4.79 Å². The number of carboxylic acids is 1. The first-order valence-corrected chi connectivity index (χ1v) is 12.0. The van der Waals surface area contributed by atoms with Gasteiger partial charge < -0.3 is 9.66 Å².